The molecule has 0 spiro atoms. The van der Waals surface area contributed by atoms with Gasteiger partial charge in [0.2, 0.25) is 0 Å². The molecule has 0 amide bonds. The molecule has 1 rings (SSSR count). The third kappa shape index (κ3) is 2.98. The number of nitrogen functional groups attached to an aromatic ring is 1. The van der Waals surface area contributed by atoms with Gasteiger partial charge in [-0.15, -0.1) is 0 Å². The van der Waals surface area contributed by atoms with Gasteiger partial charge in [-0.3, -0.25) is 0 Å². The maximum Gasteiger partial charge on any atom is 0.417 e. The molecule has 0 saturated carbocycles. The standard InChI is InChI=1S/C10H8F3N3/c11-10(12,13)8-5-7(3-1-2-4-14)9(15)16-6-8/h1,3,5-6H,2H2,(H2,15,16). The Labute approximate surface area is 90.0 Å². The smallest absolute Gasteiger partial charge is 0.383 e. The van der Waals surface area contributed by atoms with E-state index in [1.54, 1.807) is 0 Å². The van der Waals surface area contributed by atoms with Crippen molar-refractivity contribution in [3.8, 4) is 6.07 Å². The van der Waals surface area contributed by atoms with Gasteiger partial charge in [0.15, 0.2) is 0 Å². The molecular weight excluding hydrogens is 219 g/mol. The Morgan fingerprint density at radius 2 is 2.19 bits per heavy atom. The van der Waals surface area contributed by atoms with Crippen molar-refractivity contribution in [3.05, 3.63) is 29.5 Å². The molecule has 0 aliphatic carbocycles. The highest BCUT2D eigenvalue weighted by Crippen LogP contribution is 2.30. The van der Waals surface area contributed by atoms with Gasteiger partial charge in [-0.25, -0.2) is 4.98 Å². The lowest BCUT2D eigenvalue weighted by molar-refractivity contribution is -0.137. The van der Waals surface area contributed by atoms with E-state index in [2.05, 4.69) is 4.98 Å². The van der Waals surface area contributed by atoms with E-state index in [1.807, 2.05) is 6.07 Å². The van der Waals surface area contributed by atoms with Gasteiger partial charge in [0.1, 0.15) is 5.82 Å². The largest absolute Gasteiger partial charge is 0.417 e. The molecule has 0 unspecified atom stereocenters. The fourth-order valence-electron chi connectivity index (χ4n) is 1.02. The highest BCUT2D eigenvalue weighted by Gasteiger charge is 2.31. The van der Waals surface area contributed by atoms with Crippen LogP contribution in [-0.2, 0) is 6.18 Å². The summed E-state index contributed by atoms with van der Waals surface area (Å²) in [6, 6.07) is 2.73. The highest BCUT2D eigenvalue weighted by atomic mass is 19.4. The van der Waals surface area contributed by atoms with Crippen LogP contribution >= 0.6 is 0 Å². The van der Waals surface area contributed by atoms with Gasteiger partial charge < -0.3 is 5.73 Å². The topological polar surface area (TPSA) is 62.7 Å². The van der Waals surface area contributed by atoms with Gasteiger partial charge in [-0.2, -0.15) is 18.4 Å². The van der Waals surface area contributed by atoms with Crippen LogP contribution in [0, 0.1) is 11.3 Å². The van der Waals surface area contributed by atoms with Crippen LogP contribution in [0.3, 0.4) is 0 Å². The van der Waals surface area contributed by atoms with Crippen molar-refractivity contribution < 1.29 is 13.2 Å². The summed E-state index contributed by atoms with van der Waals surface area (Å²) in [5.74, 6) is 0.00203. The summed E-state index contributed by atoms with van der Waals surface area (Å²) in [5, 5.41) is 8.27. The summed E-state index contributed by atoms with van der Waals surface area (Å²) in [7, 11) is 0. The van der Waals surface area contributed by atoms with E-state index < -0.39 is 11.7 Å². The molecule has 0 bridgehead atoms. The molecule has 0 radical (unpaired) electrons. The zero-order chi connectivity index (χ0) is 12.2. The van der Waals surface area contributed by atoms with Crippen LogP contribution < -0.4 is 5.73 Å². The number of rotatable bonds is 2. The molecule has 0 fully saturated rings. The van der Waals surface area contributed by atoms with E-state index in [-0.39, 0.29) is 17.8 Å². The number of hydrogen-bond donors (Lipinski definition) is 1. The third-order valence-corrected chi connectivity index (χ3v) is 1.78. The Morgan fingerprint density at radius 1 is 1.50 bits per heavy atom. The summed E-state index contributed by atoms with van der Waals surface area (Å²) in [4.78, 5) is 3.45. The molecule has 6 heteroatoms. The van der Waals surface area contributed by atoms with Crippen LogP contribution in [-0.4, -0.2) is 4.98 Å². The zero-order valence-electron chi connectivity index (χ0n) is 8.12. The zero-order valence-corrected chi connectivity index (χ0v) is 8.12. The first kappa shape index (κ1) is 12.0. The normalized spacial score (nSPS) is 11.6. The van der Waals surface area contributed by atoms with Crippen LogP contribution in [0.2, 0.25) is 0 Å². The molecule has 0 aliphatic rings. The van der Waals surface area contributed by atoms with Crippen LogP contribution in [0.1, 0.15) is 17.5 Å². The summed E-state index contributed by atoms with van der Waals surface area (Å²) >= 11 is 0. The lowest BCUT2D eigenvalue weighted by atomic mass is 10.1. The van der Waals surface area contributed by atoms with Gasteiger partial charge in [0, 0.05) is 11.8 Å². The van der Waals surface area contributed by atoms with E-state index in [0.29, 0.717) is 6.20 Å². The molecule has 16 heavy (non-hydrogen) atoms. The molecule has 1 heterocycles. The van der Waals surface area contributed by atoms with E-state index >= 15 is 0 Å². The Bertz CT molecular complexity index is 444. The van der Waals surface area contributed by atoms with E-state index in [9.17, 15) is 13.2 Å². The predicted octanol–water partition coefficient (Wildman–Crippen LogP) is 2.61. The van der Waals surface area contributed by atoms with Crippen molar-refractivity contribution in [3.63, 3.8) is 0 Å². The number of hydrogen-bond acceptors (Lipinski definition) is 3. The molecule has 0 atom stereocenters. The van der Waals surface area contributed by atoms with Crippen molar-refractivity contribution in [1.29, 1.82) is 5.26 Å². The lowest BCUT2D eigenvalue weighted by Crippen LogP contribution is -2.07. The number of pyridine rings is 1. The fourth-order valence-corrected chi connectivity index (χ4v) is 1.02. The minimum Gasteiger partial charge on any atom is -0.383 e. The number of anilines is 1. The second kappa shape index (κ2) is 4.66. The van der Waals surface area contributed by atoms with Crippen molar-refractivity contribution in [2.45, 2.75) is 12.6 Å². The first-order valence-electron chi connectivity index (χ1n) is 4.31. The molecule has 84 valence electrons. The van der Waals surface area contributed by atoms with E-state index in [1.165, 1.54) is 12.2 Å². The SMILES string of the molecule is N#CCC=Cc1cc(C(F)(F)F)cnc1N. The minimum atomic E-state index is -4.45. The number of nitriles is 1. The van der Waals surface area contributed by atoms with Gasteiger partial charge in [-0.05, 0) is 6.07 Å². The van der Waals surface area contributed by atoms with Crippen LogP contribution in [0.15, 0.2) is 18.3 Å². The first-order chi connectivity index (χ1) is 7.45. The minimum absolute atomic E-state index is 0.00203. The van der Waals surface area contributed by atoms with Gasteiger partial charge in [-0.1, -0.05) is 12.2 Å². The maximum absolute atomic E-state index is 12.3. The molecular formula is C10H8F3N3. The summed E-state index contributed by atoms with van der Waals surface area (Å²) < 4.78 is 37.0. The second-order valence-electron chi connectivity index (χ2n) is 2.96. The quantitative estimate of drug-likeness (QED) is 0.844. The monoisotopic (exact) mass is 227 g/mol. The molecule has 2 N–H and O–H groups in total. The van der Waals surface area contributed by atoms with Crippen LogP contribution in [0.5, 0.6) is 0 Å². The number of aromatic nitrogens is 1. The fraction of sp³-hybridized carbons (Fsp3) is 0.200. The van der Waals surface area contributed by atoms with Crippen LogP contribution in [0.4, 0.5) is 19.0 Å². The molecule has 0 saturated heterocycles. The summed E-state index contributed by atoms with van der Waals surface area (Å²) in [6.07, 6.45) is -0.889. The van der Waals surface area contributed by atoms with Crippen molar-refractivity contribution in [1.82, 2.24) is 4.98 Å². The average molecular weight is 227 g/mol. The van der Waals surface area contributed by atoms with E-state index in [0.717, 1.165) is 6.07 Å². The Kier molecular flexibility index (Phi) is 3.51. The first-order valence-corrected chi connectivity index (χ1v) is 4.31. The molecule has 0 aliphatic heterocycles. The van der Waals surface area contributed by atoms with Crippen molar-refractivity contribution in [2.75, 3.05) is 5.73 Å². The Balaban J connectivity index is 3.05. The van der Waals surface area contributed by atoms with Gasteiger partial charge >= 0.3 is 6.18 Å². The lowest BCUT2D eigenvalue weighted by Gasteiger charge is -2.07. The molecule has 0 aromatic carbocycles. The maximum atomic E-state index is 12.3. The second-order valence-corrected chi connectivity index (χ2v) is 2.96. The molecule has 1 aromatic rings. The predicted molar refractivity (Wildman–Crippen MR) is 52.9 cm³/mol. The third-order valence-electron chi connectivity index (χ3n) is 1.78. The Hall–Kier alpha value is -2.03. The summed E-state index contributed by atoms with van der Waals surface area (Å²) in [5.41, 5.74) is 4.70. The van der Waals surface area contributed by atoms with E-state index in [4.69, 9.17) is 11.0 Å². The van der Waals surface area contributed by atoms with Crippen LogP contribution in [0.25, 0.3) is 6.08 Å². The number of halogens is 3. The summed E-state index contributed by atoms with van der Waals surface area (Å²) in [6.45, 7) is 0. The number of nitrogens with zero attached hydrogens (tertiary/aromatic N) is 2. The Morgan fingerprint density at radius 3 is 2.75 bits per heavy atom. The number of alkyl halides is 3. The number of allylic oxidation sites excluding steroid dienone is 1. The molecule has 3 nitrogen and oxygen atoms in total. The number of nitrogens with two attached hydrogens (primary N) is 1. The highest BCUT2D eigenvalue weighted by molar-refractivity contribution is 5.61. The van der Waals surface area contributed by atoms with Gasteiger partial charge in [0.25, 0.3) is 0 Å². The average Bonchev–Trinajstić information content (AvgIpc) is 2.19. The molecule has 1 aromatic heterocycles. The van der Waals surface area contributed by atoms with Crippen molar-refractivity contribution in [2.24, 2.45) is 0 Å². The van der Waals surface area contributed by atoms with Gasteiger partial charge in [0.05, 0.1) is 18.1 Å². The van der Waals surface area contributed by atoms with Crippen molar-refractivity contribution >= 4 is 11.9 Å².